The third-order valence-corrected chi connectivity index (χ3v) is 5.34. The summed E-state index contributed by atoms with van der Waals surface area (Å²) in [6.45, 7) is 4.47. The molecule has 1 aliphatic carbocycles. The molecule has 1 atom stereocenters. The molecule has 0 aromatic rings. The van der Waals surface area contributed by atoms with Crippen LogP contribution in [0.5, 0.6) is 0 Å². The second-order valence-electron chi connectivity index (χ2n) is 5.95. The first-order valence-electron chi connectivity index (χ1n) is 7.31. The van der Waals surface area contributed by atoms with Gasteiger partial charge in [-0.25, -0.2) is 0 Å². The van der Waals surface area contributed by atoms with Gasteiger partial charge in [-0.15, -0.1) is 0 Å². The number of amides is 1. The quantitative estimate of drug-likeness (QED) is 0.843. The number of aliphatic hydroxyl groups is 1. The van der Waals surface area contributed by atoms with Crippen LogP contribution in [0.2, 0.25) is 0 Å². The summed E-state index contributed by atoms with van der Waals surface area (Å²) < 4.78 is 0. The van der Waals surface area contributed by atoms with Crippen LogP contribution in [0.4, 0.5) is 0 Å². The minimum Gasteiger partial charge on any atom is -0.388 e. The Labute approximate surface area is 120 Å². The van der Waals surface area contributed by atoms with Crippen molar-refractivity contribution in [3.63, 3.8) is 0 Å². The fraction of sp³-hybridized carbons (Fsp3) is 0.929. The van der Waals surface area contributed by atoms with Crippen molar-refractivity contribution in [2.75, 3.05) is 38.2 Å². The van der Waals surface area contributed by atoms with Crippen LogP contribution < -0.4 is 0 Å². The Morgan fingerprint density at radius 2 is 1.95 bits per heavy atom. The Morgan fingerprint density at radius 3 is 2.53 bits per heavy atom. The van der Waals surface area contributed by atoms with Crippen molar-refractivity contribution >= 4 is 17.7 Å². The molecule has 0 spiro atoms. The first-order chi connectivity index (χ1) is 9.02. The maximum absolute atomic E-state index is 12.4. The van der Waals surface area contributed by atoms with Gasteiger partial charge in [0.2, 0.25) is 5.91 Å². The van der Waals surface area contributed by atoms with Crippen molar-refractivity contribution in [3.05, 3.63) is 0 Å². The Morgan fingerprint density at radius 1 is 1.37 bits per heavy atom. The molecule has 1 N–H and O–H groups in total. The number of carbonyl (C=O) groups excluding carboxylic acids is 1. The molecule has 1 aliphatic heterocycles. The lowest BCUT2D eigenvalue weighted by Gasteiger charge is -2.35. The van der Waals surface area contributed by atoms with Crippen molar-refractivity contribution in [3.8, 4) is 0 Å². The average molecular weight is 286 g/mol. The van der Waals surface area contributed by atoms with Gasteiger partial charge in [-0.2, -0.15) is 11.8 Å². The third-order valence-electron chi connectivity index (χ3n) is 4.39. The van der Waals surface area contributed by atoms with E-state index in [2.05, 4.69) is 4.90 Å². The average Bonchev–Trinajstić information content (AvgIpc) is 2.84. The van der Waals surface area contributed by atoms with Gasteiger partial charge in [0.15, 0.2) is 0 Å². The molecule has 5 heteroatoms. The molecule has 0 radical (unpaired) electrons. The van der Waals surface area contributed by atoms with E-state index in [0.29, 0.717) is 6.54 Å². The first kappa shape index (κ1) is 15.1. The second-order valence-corrected chi connectivity index (χ2v) is 7.17. The minimum absolute atomic E-state index is 0.0593. The lowest BCUT2D eigenvalue weighted by atomic mass is 10.0. The molecule has 1 heterocycles. The van der Waals surface area contributed by atoms with Crippen molar-refractivity contribution in [1.29, 1.82) is 0 Å². The molecule has 0 aromatic heterocycles. The van der Waals surface area contributed by atoms with Gasteiger partial charge in [0.05, 0.1) is 11.6 Å². The number of hydrogen-bond donors (Lipinski definition) is 1. The summed E-state index contributed by atoms with van der Waals surface area (Å²) in [5.74, 6) is 2.38. The van der Waals surface area contributed by atoms with E-state index >= 15 is 0 Å². The molecular formula is C14H26N2O2S. The van der Waals surface area contributed by atoms with Crippen molar-refractivity contribution in [2.45, 2.75) is 44.2 Å². The summed E-state index contributed by atoms with van der Waals surface area (Å²) in [6, 6.07) is -0.0593. The van der Waals surface area contributed by atoms with Crippen LogP contribution >= 0.6 is 11.8 Å². The molecule has 0 aromatic carbocycles. The number of hydrogen-bond acceptors (Lipinski definition) is 4. The fourth-order valence-electron chi connectivity index (χ4n) is 3.15. The van der Waals surface area contributed by atoms with Crippen LogP contribution in [0.25, 0.3) is 0 Å². The van der Waals surface area contributed by atoms with E-state index in [1.807, 2.05) is 25.7 Å². The number of rotatable bonds is 4. The summed E-state index contributed by atoms with van der Waals surface area (Å²) in [6.07, 6.45) is 3.83. The summed E-state index contributed by atoms with van der Waals surface area (Å²) in [4.78, 5) is 16.4. The van der Waals surface area contributed by atoms with Gasteiger partial charge in [0, 0.05) is 38.2 Å². The molecule has 1 saturated heterocycles. The predicted molar refractivity (Wildman–Crippen MR) is 79.4 cm³/mol. The van der Waals surface area contributed by atoms with Crippen LogP contribution in [-0.4, -0.2) is 70.6 Å². The minimum atomic E-state index is -0.637. The maximum Gasteiger partial charge on any atom is 0.239 e. The predicted octanol–water partition coefficient (Wildman–Crippen LogP) is 1.19. The smallest absolute Gasteiger partial charge is 0.239 e. The van der Waals surface area contributed by atoms with E-state index in [9.17, 15) is 9.90 Å². The summed E-state index contributed by atoms with van der Waals surface area (Å²) >= 11 is 1.96. The molecule has 0 bridgehead atoms. The molecule has 2 rings (SSSR count). The van der Waals surface area contributed by atoms with Crippen LogP contribution in [-0.2, 0) is 4.79 Å². The van der Waals surface area contributed by atoms with Crippen LogP contribution in [0.15, 0.2) is 0 Å². The van der Waals surface area contributed by atoms with Gasteiger partial charge >= 0.3 is 0 Å². The van der Waals surface area contributed by atoms with E-state index in [1.54, 1.807) is 4.90 Å². The van der Waals surface area contributed by atoms with E-state index in [-0.39, 0.29) is 11.9 Å². The Hall–Kier alpha value is -0.260. The topological polar surface area (TPSA) is 43.8 Å². The summed E-state index contributed by atoms with van der Waals surface area (Å²) in [5, 5.41) is 10.4. The number of carbonyl (C=O) groups is 1. The molecular weight excluding hydrogens is 260 g/mol. The highest BCUT2D eigenvalue weighted by molar-refractivity contribution is 7.99. The molecule has 2 aliphatic rings. The van der Waals surface area contributed by atoms with Gasteiger partial charge < -0.3 is 10.0 Å². The monoisotopic (exact) mass is 286 g/mol. The summed E-state index contributed by atoms with van der Waals surface area (Å²) in [7, 11) is 1.83. The molecule has 4 nitrogen and oxygen atoms in total. The fourth-order valence-corrected chi connectivity index (χ4v) is 4.08. The number of thioether (sulfide) groups is 1. The largest absolute Gasteiger partial charge is 0.388 e. The maximum atomic E-state index is 12.4. The molecule has 1 saturated carbocycles. The lowest BCUT2D eigenvalue weighted by Crippen LogP contribution is -2.51. The Kier molecular flexibility index (Phi) is 5.15. The van der Waals surface area contributed by atoms with Gasteiger partial charge in [-0.3, -0.25) is 9.69 Å². The molecule has 0 unspecified atom stereocenters. The highest BCUT2D eigenvalue weighted by Crippen LogP contribution is 2.30. The molecule has 2 fully saturated rings. The van der Waals surface area contributed by atoms with Gasteiger partial charge in [0.1, 0.15) is 0 Å². The normalized spacial score (nSPS) is 25.2. The van der Waals surface area contributed by atoms with Crippen molar-refractivity contribution < 1.29 is 9.90 Å². The highest BCUT2D eigenvalue weighted by Gasteiger charge is 2.35. The van der Waals surface area contributed by atoms with E-state index in [4.69, 9.17) is 0 Å². The number of nitrogens with zero attached hydrogens (tertiary/aromatic N) is 2. The highest BCUT2D eigenvalue weighted by atomic mass is 32.2. The zero-order valence-electron chi connectivity index (χ0n) is 12.1. The van der Waals surface area contributed by atoms with Gasteiger partial charge in [-0.05, 0) is 19.8 Å². The zero-order valence-corrected chi connectivity index (χ0v) is 12.9. The standard InChI is InChI=1S/C14H26N2O2S/c1-12(16-7-9-19-10-8-16)13(17)15(2)11-14(18)5-3-4-6-14/h12,18H,3-11H2,1-2H3/t12-/m1/s1. The molecule has 110 valence electrons. The van der Waals surface area contributed by atoms with E-state index < -0.39 is 5.60 Å². The third kappa shape index (κ3) is 3.86. The summed E-state index contributed by atoms with van der Waals surface area (Å²) in [5.41, 5.74) is -0.637. The SMILES string of the molecule is C[C@H](C(=O)N(C)CC1(O)CCCC1)N1CCSCC1. The van der Waals surface area contributed by atoms with E-state index in [0.717, 1.165) is 50.3 Å². The van der Waals surface area contributed by atoms with Crippen molar-refractivity contribution in [2.24, 2.45) is 0 Å². The lowest BCUT2D eigenvalue weighted by molar-refractivity contribution is -0.138. The van der Waals surface area contributed by atoms with Gasteiger partial charge in [-0.1, -0.05) is 12.8 Å². The first-order valence-corrected chi connectivity index (χ1v) is 8.46. The van der Waals surface area contributed by atoms with Crippen molar-refractivity contribution in [1.82, 2.24) is 9.80 Å². The molecule has 1 amide bonds. The molecule has 19 heavy (non-hydrogen) atoms. The van der Waals surface area contributed by atoms with Gasteiger partial charge in [0.25, 0.3) is 0 Å². The van der Waals surface area contributed by atoms with Crippen LogP contribution in [0.3, 0.4) is 0 Å². The second kappa shape index (κ2) is 6.46. The van der Waals surface area contributed by atoms with Crippen LogP contribution in [0, 0.1) is 0 Å². The Bertz CT molecular complexity index is 313. The number of likely N-dealkylation sites (N-methyl/N-ethyl adjacent to an activating group) is 1. The van der Waals surface area contributed by atoms with E-state index in [1.165, 1.54) is 0 Å². The zero-order chi connectivity index (χ0) is 13.9. The van der Waals surface area contributed by atoms with Crippen LogP contribution in [0.1, 0.15) is 32.6 Å². The Balaban J connectivity index is 1.86.